The molecular formula is C15H15NO5. The van der Waals surface area contributed by atoms with Crippen LogP contribution in [0.15, 0.2) is 33.5 Å². The minimum atomic E-state index is -0.777. The van der Waals surface area contributed by atoms with Crippen molar-refractivity contribution in [3.05, 3.63) is 40.2 Å². The number of hydrogen-bond acceptors (Lipinski definition) is 5. The second-order valence-corrected chi connectivity index (χ2v) is 5.43. The van der Waals surface area contributed by atoms with Crippen molar-refractivity contribution in [3.8, 4) is 5.75 Å². The first-order valence-corrected chi connectivity index (χ1v) is 6.71. The number of aliphatic carboxylic acids is 1. The van der Waals surface area contributed by atoms with Gasteiger partial charge < -0.3 is 14.6 Å². The molecule has 0 aliphatic carbocycles. The molecule has 21 heavy (non-hydrogen) atoms. The summed E-state index contributed by atoms with van der Waals surface area (Å²) in [5.41, 5.74) is 0.737. The molecule has 2 heterocycles. The minimum absolute atomic E-state index is 0.0493. The highest BCUT2D eigenvalue weighted by Crippen LogP contribution is 2.26. The first-order valence-electron chi connectivity index (χ1n) is 6.71. The minimum Gasteiger partial charge on any atom is -0.508 e. The molecule has 1 aromatic carbocycles. The standard InChI is InChI=1S/C15H15NO5/c17-11-1-2-12-10(4-15(20)21-13(12)5-11)8-16-6-9(7-16)3-14(18)19/h1-2,4-5,9,17H,3,6-8H2,(H,18,19). The van der Waals surface area contributed by atoms with Crippen molar-refractivity contribution in [1.29, 1.82) is 0 Å². The number of aromatic hydroxyl groups is 1. The zero-order chi connectivity index (χ0) is 15.0. The summed E-state index contributed by atoms with van der Waals surface area (Å²) < 4.78 is 5.08. The Balaban J connectivity index is 1.79. The van der Waals surface area contributed by atoms with Crippen molar-refractivity contribution in [2.24, 2.45) is 5.92 Å². The molecule has 1 aliphatic rings. The normalized spacial score (nSPS) is 16.0. The lowest BCUT2D eigenvalue weighted by atomic mass is 9.95. The first-order chi connectivity index (χ1) is 10.0. The lowest BCUT2D eigenvalue weighted by Crippen LogP contribution is -2.46. The van der Waals surface area contributed by atoms with Crippen LogP contribution in [-0.2, 0) is 11.3 Å². The third kappa shape index (κ3) is 2.90. The van der Waals surface area contributed by atoms with Gasteiger partial charge in [-0.15, -0.1) is 0 Å². The molecule has 1 fully saturated rings. The van der Waals surface area contributed by atoms with E-state index in [1.54, 1.807) is 12.1 Å². The number of phenolic OH excluding ortho intramolecular Hbond substituents is 1. The molecule has 110 valence electrons. The van der Waals surface area contributed by atoms with Crippen LogP contribution in [-0.4, -0.2) is 34.2 Å². The summed E-state index contributed by atoms with van der Waals surface area (Å²) >= 11 is 0. The highest BCUT2D eigenvalue weighted by Gasteiger charge is 2.28. The van der Waals surface area contributed by atoms with Crippen LogP contribution in [0.3, 0.4) is 0 Å². The number of carboxylic acid groups (broad SMARTS) is 1. The molecule has 0 saturated carbocycles. The Hall–Kier alpha value is -2.34. The highest BCUT2D eigenvalue weighted by molar-refractivity contribution is 5.81. The van der Waals surface area contributed by atoms with E-state index < -0.39 is 11.6 Å². The van der Waals surface area contributed by atoms with Crippen LogP contribution in [0, 0.1) is 5.92 Å². The van der Waals surface area contributed by atoms with Crippen molar-refractivity contribution in [1.82, 2.24) is 4.90 Å². The van der Waals surface area contributed by atoms with E-state index in [4.69, 9.17) is 9.52 Å². The summed E-state index contributed by atoms with van der Waals surface area (Å²) in [6.07, 6.45) is 0.183. The summed E-state index contributed by atoms with van der Waals surface area (Å²) in [6, 6.07) is 6.14. The predicted molar refractivity (Wildman–Crippen MR) is 75.2 cm³/mol. The molecule has 2 N–H and O–H groups in total. The number of carbonyl (C=O) groups is 1. The Morgan fingerprint density at radius 3 is 2.81 bits per heavy atom. The maximum atomic E-state index is 11.6. The van der Waals surface area contributed by atoms with Gasteiger partial charge in [0.2, 0.25) is 0 Å². The van der Waals surface area contributed by atoms with Crippen molar-refractivity contribution < 1.29 is 19.4 Å². The molecule has 0 atom stereocenters. The van der Waals surface area contributed by atoms with Crippen LogP contribution in [0.25, 0.3) is 11.0 Å². The Morgan fingerprint density at radius 2 is 2.10 bits per heavy atom. The number of fused-ring (bicyclic) bond motifs is 1. The van der Waals surface area contributed by atoms with Gasteiger partial charge in [0.25, 0.3) is 0 Å². The summed E-state index contributed by atoms with van der Waals surface area (Å²) in [5, 5.41) is 19.0. The van der Waals surface area contributed by atoms with Gasteiger partial charge in [0.05, 0.1) is 6.42 Å². The van der Waals surface area contributed by atoms with E-state index in [-0.39, 0.29) is 18.1 Å². The van der Waals surface area contributed by atoms with Crippen LogP contribution in [0.1, 0.15) is 12.0 Å². The van der Waals surface area contributed by atoms with E-state index in [2.05, 4.69) is 4.90 Å². The zero-order valence-corrected chi connectivity index (χ0v) is 11.3. The Kier molecular flexibility index (Phi) is 3.39. The number of carboxylic acids is 1. The van der Waals surface area contributed by atoms with Gasteiger partial charge in [0.1, 0.15) is 11.3 Å². The molecule has 0 unspecified atom stereocenters. The second kappa shape index (κ2) is 5.21. The van der Waals surface area contributed by atoms with Gasteiger partial charge in [0, 0.05) is 37.2 Å². The summed E-state index contributed by atoms with van der Waals surface area (Å²) in [4.78, 5) is 24.3. The number of nitrogens with zero attached hydrogens (tertiary/aromatic N) is 1. The van der Waals surface area contributed by atoms with Gasteiger partial charge in [-0.1, -0.05) is 0 Å². The summed E-state index contributed by atoms with van der Waals surface area (Å²) in [5.74, 6) is -0.549. The van der Waals surface area contributed by atoms with Crippen LogP contribution >= 0.6 is 0 Å². The fourth-order valence-corrected chi connectivity index (χ4v) is 2.77. The summed E-state index contributed by atoms with van der Waals surface area (Å²) in [6.45, 7) is 2.00. The van der Waals surface area contributed by atoms with Crippen molar-refractivity contribution in [2.75, 3.05) is 13.1 Å². The molecule has 3 rings (SSSR count). The zero-order valence-electron chi connectivity index (χ0n) is 11.3. The quantitative estimate of drug-likeness (QED) is 0.827. The van der Waals surface area contributed by atoms with E-state index >= 15 is 0 Å². The smallest absolute Gasteiger partial charge is 0.336 e. The van der Waals surface area contributed by atoms with E-state index in [9.17, 15) is 14.7 Å². The van der Waals surface area contributed by atoms with Gasteiger partial charge in [0.15, 0.2) is 0 Å². The molecular weight excluding hydrogens is 274 g/mol. The third-order valence-corrected chi connectivity index (χ3v) is 3.70. The summed E-state index contributed by atoms with van der Waals surface area (Å²) in [7, 11) is 0. The molecule has 0 radical (unpaired) electrons. The van der Waals surface area contributed by atoms with E-state index in [1.165, 1.54) is 12.1 Å². The van der Waals surface area contributed by atoms with Gasteiger partial charge in [-0.2, -0.15) is 0 Å². The van der Waals surface area contributed by atoms with E-state index in [1.807, 2.05) is 0 Å². The second-order valence-electron chi connectivity index (χ2n) is 5.43. The van der Waals surface area contributed by atoms with E-state index in [0.29, 0.717) is 25.2 Å². The van der Waals surface area contributed by atoms with Gasteiger partial charge in [-0.25, -0.2) is 4.79 Å². The third-order valence-electron chi connectivity index (χ3n) is 3.70. The lowest BCUT2D eigenvalue weighted by molar-refractivity contribution is -0.139. The van der Waals surface area contributed by atoms with Crippen molar-refractivity contribution in [3.63, 3.8) is 0 Å². The molecule has 0 bridgehead atoms. The van der Waals surface area contributed by atoms with Crippen LogP contribution in [0.2, 0.25) is 0 Å². The average molecular weight is 289 g/mol. The highest BCUT2D eigenvalue weighted by atomic mass is 16.4. The largest absolute Gasteiger partial charge is 0.508 e. The maximum Gasteiger partial charge on any atom is 0.336 e. The number of likely N-dealkylation sites (tertiary alicyclic amines) is 1. The molecule has 6 heteroatoms. The molecule has 6 nitrogen and oxygen atoms in total. The Morgan fingerprint density at radius 1 is 1.33 bits per heavy atom. The molecule has 1 aliphatic heterocycles. The number of hydrogen-bond donors (Lipinski definition) is 2. The van der Waals surface area contributed by atoms with Crippen LogP contribution in [0.5, 0.6) is 5.75 Å². The van der Waals surface area contributed by atoms with Gasteiger partial charge in [-0.05, 0) is 23.6 Å². The molecule has 2 aromatic rings. The average Bonchev–Trinajstić information content (AvgIpc) is 2.34. The molecule has 1 saturated heterocycles. The fraction of sp³-hybridized carbons (Fsp3) is 0.333. The number of benzene rings is 1. The van der Waals surface area contributed by atoms with E-state index in [0.717, 1.165) is 10.9 Å². The molecule has 1 aromatic heterocycles. The lowest BCUT2D eigenvalue weighted by Gasteiger charge is -2.38. The number of rotatable bonds is 4. The molecule has 0 amide bonds. The van der Waals surface area contributed by atoms with Gasteiger partial charge >= 0.3 is 11.6 Å². The SMILES string of the molecule is O=C(O)CC1CN(Cc2cc(=O)oc3cc(O)ccc23)C1. The molecule has 0 spiro atoms. The Labute approximate surface area is 120 Å². The van der Waals surface area contributed by atoms with Crippen molar-refractivity contribution >= 4 is 16.9 Å². The first kappa shape index (κ1) is 13.6. The monoisotopic (exact) mass is 289 g/mol. The van der Waals surface area contributed by atoms with Gasteiger partial charge in [-0.3, -0.25) is 9.69 Å². The van der Waals surface area contributed by atoms with Crippen LogP contribution < -0.4 is 5.63 Å². The predicted octanol–water partition coefficient (Wildman–Crippen LogP) is 1.41. The maximum absolute atomic E-state index is 11.6. The van der Waals surface area contributed by atoms with Crippen molar-refractivity contribution in [2.45, 2.75) is 13.0 Å². The number of phenols is 1. The topological polar surface area (TPSA) is 91.0 Å². The Bertz CT molecular complexity index is 745. The fourth-order valence-electron chi connectivity index (χ4n) is 2.77. The van der Waals surface area contributed by atoms with Crippen LogP contribution in [0.4, 0.5) is 0 Å².